The summed E-state index contributed by atoms with van der Waals surface area (Å²) in [6.07, 6.45) is 0. The van der Waals surface area contributed by atoms with Crippen LogP contribution in [0.1, 0.15) is 22.8 Å². The first-order chi connectivity index (χ1) is 10.1. The molecule has 0 radical (unpaired) electrons. The van der Waals surface area contributed by atoms with Gasteiger partial charge in [-0.05, 0) is 42.8 Å². The maximum absolute atomic E-state index is 11.8. The van der Waals surface area contributed by atoms with Crippen LogP contribution in [0.25, 0.3) is 0 Å². The molecular formula is C16H17ClN2OS. The molecule has 0 saturated carbocycles. The van der Waals surface area contributed by atoms with Crippen molar-refractivity contribution >= 4 is 35.0 Å². The van der Waals surface area contributed by atoms with E-state index >= 15 is 0 Å². The van der Waals surface area contributed by atoms with Gasteiger partial charge in [-0.15, -0.1) is 11.8 Å². The van der Waals surface area contributed by atoms with Gasteiger partial charge in [-0.2, -0.15) is 0 Å². The number of amides is 1. The van der Waals surface area contributed by atoms with E-state index in [9.17, 15) is 4.79 Å². The van der Waals surface area contributed by atoms with Gasteiger partial charge < -0.3 is 11.1 Å². The van der Waals surface area contributed by atoms with Crippen molar-refractivity contribution in [1.82, 2.24) is 5.32 Å². The maximum atomic E-state index is 11.8. The van der Waals surface area contributed by atoms with Gasteiger partial charge in [-0.25, -0.2) is 0 Å². The van der Waals surface area contributed by atoms with Crippen LogP contribution in [-0.4, -0.2) is 12.5 Å². The minimum Gasteiger partial charge on any atom is -0.398 e. The van der Waals surface area contributed by atoms with Crippen LogP contribution in [-0.2, 0) is 5.75 Å². The number of anilines is 1. The molecule has 0 spiro atoms. The molecule has 0 aromatic heterocycles. The van der Waals surface area contributed by atoms with E-state index in [4.69, 9.17) is 17.3 Å². The predicted molar refractivity (Wildman–Crippen MR) is 89.9 cm³/mol. The Morgan fingerprint density at radius 1 is 1.24 bits per heavy atom. The molecule has 21 heavy (non-hydrogen) atoms. The summed E-state index contributed by atoms with van der Waals surface area (Å²) in [4.78, 5) is 12.8. The fourth-order valence-electron chi connectivity index (χ4n) is 1.80. The lowest BCUT2D eigenvalue weighted by atomic mass is 10.2. The second-order valence-corrected chi connectivity index (χ2v) is 5.98. The quantitative estimate of drug-likeness (QED) is 0.647. The van der Waals surface area contributed by atoms with Crippen molar-refractivity contribution < 1.29 is 4.79 Å². The van der Waals surface area contributed by atoms with Gasteiger partial charge in [0.25, 0.3) is 5.91 Å². The Bertz CT molecular complexity index is 629. The highest BCUT2D eigenvalue weighted by Gasteiger charge is 2.08. The van der Waals surface area contributed by atoms with E-state index in [1.54, 1.807) is 23.9 Å². The molecule has 0 aliphatic heterocycles. The van der Waals surface area contributed by atoms with Gasteiger partial charge in [0.2, 0.25) is 0 Å². The highest BCUT2D eigenvalue weighted by molar-refractivity contribution is 7.98. The molecule has 3 N–H and O–H groups in total. The number of carbonyl (C=O) groups is 1. The second-order valence-electron chi connectivity index (χ2n) is 4.53. The summed E-state index contributed by atoms with van der Waals surface area (Å²) in [7, 11) is 0. The smallest absolute Gasteiger partial charge is 0.251 e. The molecular weight excluding hydrogens is 304 g/mol. The van der Waals surface area contributed by atoms with Gasteiger partial charge in [0, 0.05) is 33.5 Å². The monoisotopic (exact) mass is 320 g/mol. The van der Waals surface area contributed by atoms with Gasteiger partial charge >= 0.3 is 0 Å². The fourth-order valence-corrected chi connectivity index (χ4v) is 2.89. The minimum absolute atomic E-state index is 0.0779. The third-order valence-electron chi connectivity index (χ3n) is 2.92. The summed E-state index contributed by atoms with van der Waals surface area (Å²) in [6, 6.07) is 13.1. The number of rotatable bonds is 5. The lowest BCUT2D eigenvalue weighted by molar-refractivity contribution is 0.0955. The number of nitrogens with one attached hydrogen (secondary N) is 1. The normalized spacial score (nSPS) is 10.4. The Labute approximate surface area is 133 Å². The van der Waals surface area contributed by atoms with Crippen molar-refractivity contribution in [2.24, 2.45) is 0 Å². The highest BCUT2D eigenvalue weighted by atomic mass is 35.5. The lowest BCUT2D eigenvalue weighted by Gasteiger charge is -2.09. The number of hydrogen-bond donors (Lipinski definition) is 2. The summed E-state index contributed by atoms with van der Waals surface area (Å²) in [5.41, 5.74) is 8.45. The van der Waals surface area contributed by atoms with Crippen molar-refractivity contribution in [2.75, 3.05) is 12.3 Å². The van der Waals surface area contributed by atoms with Crippen LogP contribution in [0.3, 0.4) is 0 Å². The Morgan fingerprint density at radius 2 is 1.95 bits per heavy atom. The highest BCUT2D eigenvalue weighted by Crippen LogP contribution is 2.29. The van der Waals surface area contributed by atoms with Crippen molar-refractivity contribution in [1.29, 1.82) is 0 Å². The number of nitrogen functional groups attached to an aromatic ring is 1. The van der Waals surface area contributed by atoms with E-state index in [1.807, 2.05) is 37.3 Å². The van der Waals surface area contributed by atoms with Crippen LogP contribution in [0.5, 0.6) is 0 Å². The van der Waals surface area contributed by atoms with Gasteiger partial charge in [-0.3, -0.25) is 4.79 Å². The molecule has 0 unspecified atom stereocenters. The first-order valence-corrected chi connectivity index (χ1v) is 8.01. The minimum atomic E-state index is -0.0779. The lowest BCUT2D eigenvalue weighted by Crippen LogP contribution is -2.22. The Morgan fingerprint density at radius 3 is 2.62 bits per heavy atom. The van der Waals surface area contributed by atoms with Gasteiger partial charge in [0.05, 0.1) is 0 Å². The van der Waals surface area contributed by atoms with Crippen molar-refractivity contribution in [3.63, 3.8) is 0 Å². The number of nitrogens with two attached hydrogens (primary N) is 1. The molecule has 5 heteroatoms. The largest absolute Gasteiger partial charge is 0.398 e. The molecule has 0 aliphatic rings. The number of carbonyl (C=O) groups excluding carboxylic acids is 1. The van der Waals surface area contributed by atoms with Gasteiger partial charge in [0.15, 0.2) is 0 Å². The maximum Gasteiger partial charge on any atom is 0.251 e. The SMILES string of the molecule is CCNC(=O)c1ccc(N)c(SCc2ccc(Cl)cc2)c1. The molecule has 0 saturated heterocycles. The summed E-state index contributed by atoms with van der Waals surface area (Å²) in [5.74, 6) is 0.700. The molecule has 2 aromatic rings. The van der Waals surface area contributed by atoms with Crippen molar-refractivity contribution in [2.45, 2.75) is 17.6 Å². The van der Waals surface area contributed by atoms with E-state index in [0.29, 0.717) is 17.8 Å². The molecule has 1 amide bonds. The average Bonchev–Trinajstić information content (AvgIpc) is 2.48. The van der Waals surface area contributed by atoms with Crippen LogP contribution in [0.2, 0.25) is 5.02 Å². The topological polar surface area (TPSA) is 55.1 Å². The molecule has 2 rings (SSSR count). The second kappa shape index (κ2) is 7.38. The fraction of sp³-hybridized carbons (Fsp3) is 0.188. The molecule has 0 atom stereocenters. The predicted octanol–water partition coefficient (Wildman–Crippen LogP) is 3.96. The average molecular weight is 321 g/mol. The van der Waals surface area contributed by atoms with Gasteiger partial charge in [0.1, 0.15) is 0 Å². The number of hydrogen-bond acceptors (Lipinski definition) is 3. The number of benzene rings is 2. The zero-order valence-electron chi connectivity index (χ0n) is 11.7. The molecule has 0 aliphatic carbocycles. The van der Waals surface area contributed by atoms with Crippen LogP contribution >= 0.6 is 23.4 Å². The number of halogens is 1. The molecule has 3 nitrogen and oxygen atoms in total. The third kappa shape index (κ3) is 4.41. The van der Waals surface area contributed by atoms with Crippen LogP contribution in [0.15, 0.2) is 47.4 Å². The zero-order valence-corrected chi connectivity index (χ0v) is 13.3. The molecule has 2 aromatic carbocycles. The van der Waals surface area contributed by atoms with Gasteiger partial charge in [-0.1, -0.05) is 23.7 Å². The van der Waals surface area contributed by atoms with E-state index < -0.39 is 0 Å². The molecule has 0 fully saturated rings. The van der Waals surface area contributed by atoms with Crippen molar-refractivity contribution in [3.8, 4) is 0 Å². The summed E-state index contributed by atoms with van der Waals surface area (Å²) in [5, 5.41) is 3.51. The first-order valence-electron chi connectivity index (χ1n) is 6.65. The van der Waals surface area contributed by atoms with E-state index in [1.165, 1.54) is 0 Å². The van der Waals surface area contributed by atoms with Crippen LogP contribution in [0, 0.1) is 0 Å². The summed E-state index contributed by atoms with van der Waals surface area (Å²) < 4.78 is 0. The molecule has 0 heterocycles. The summed E-state index contributed by atoms with van der Waals surface area (Å²) >= 11 is 7.48. The first kappa shape index (κ1) is 15.7. The van der Waals surface area contributed by atoms with E-state index in [2.05, 4.69) is 5.32 Å². The Hall–Kier alpha value is -1.65. The van der Waals surface area contributed by atoms with E-state index in [0.717, 1.165) is 21.2 Å². The standard InChI is InChI=1S/C16H17ClN2OS/c1-2-19-16(20)12-5-8-14(18)15(9-12)21-10-11-3-6-13(17)7-4-11/h3-9H,2,10,18H2,1H3,(H,19,20). The zero-order chi connectivity index (χ0) is 15.2. The Balaban J connectivity index is 2.10. The molecule has 0 bridgehead atoms. The van der Waals surface area contributed by atoms with Crippen molar-refractivity contribution in [3.05, 3.63) is 58.6 Å². The van der Waals surface area contributed by atoms with Crippen LogP contribution in [0.4, 0.5) is 5.69 Å². The van der Waals surface area contributed by atoms with Crippen LogP contribution < -0.4 is 11.1 Å². The number of thioether (sulfide) groups is 1. The van der Waals surface area contributed by atoms with E-state index in [-0.39, 0.29) is 5.91 Å². The third-order valence-corrected chi connectivity index (χ3v) is 4.31. The Kier molecular flexibility index (Phi) is 5.53. The molecule has 110 valence electrons. The summed E-state index contributed by atoms with van der Waals surface area (Å²) in [6.45, 7) is 2.50.